The van der Waals surface area contributed by atoms with Gasteiger partial charge in [-0.3, -0.25) is 9.59 Å². The molecule has 1 fully saturated rings. The van der Waals surface area contributed by atoms with Gasteiger partial charge in [0, 0.05) is 36.3 Å². The minimum Gasteiger partial charge on any atom is -0.344 e. The quantitative estimate of drug-likeness (QED) is 0.749. The highest BCUT2D eigenvalue weighted by Crippen LogP contribution is 2.25. The van der Waals surface area contributed by atoms with Gasteiger partial charge < -0.3 is 10.2 Å². The molecule has 3 unspecified atom stereocenters. The molecular weight excluding hydrogens is 256 g/mol. The number of nitrogens with one attached hydrogen (secondary N) is 1. The Hall–Kier alpha value is -0.360. The van der Waals surface area contributed by atoms with E-state index >= 15 is 0 Å². The Morgan fingerprint density at radius 1 is 1.41 bits per heavy atom. The van der Waals surface area contributed by atoms with E-state index in [-0.39, 0.29) is 11.8 Å². The summed E-state index contributed by atoms with van der Waals surface area (Å²) < 4.78 is 0. The summed E-state index contributed by atoms with van der Waals surface area (Å²) in [6, 6.07) is -0.502. The SMILES string of the molecule is CC(=O)NC(CS)C(=O)N1CC(C)SC(C)C1. The van der Waals surface area contributed by atoms with E-state index in [1.807, 2.05) is 16.7 Å². The topological polar surface area (TPSA) is 49.4 Å². The van der Waals surface area contributed by atoms with Crippen LogP contribution in [0.15, 0.2) is 0 Å². The van der Waals surface area contributed by atoms with E-state index in [0.717, 1.165) is 13.1 Å². The van der Waals surface area contributed by atoms with E-state index in [1.54, 1.807) is 0 Å². The first-order valence-electron chi connectivity index (χ1n) is 5.76. The van der Waals surface area contributed by atoms with Crippen molar-refractivity contribution in [1.29, 1.82) is 0 Å². The van der Waals surface area contributed by atoms with Crippen LogP contribution in [-0.2, 0) is 9.59 Å². The van der Waals surface area contributed by atoms with Crippen molar-refractivity contribution in [3.8, 4) is 0 Å². The predicted molar refractivity (Wildman–Crippen MR) is 74.6 cm³/mol. The Bertz CT molecular complexity index is 289. The van der Waals surface area contributed by atoms with Crippen molar-refractivity contribution in [1.82, 2.24) is 10.2 Å². The molecule has 0 aromatic rings. The molecule has 3 atom stereocenters. The number of hydrogen-bond donors (Lipinski definition) is 2. The monoisotopic (exact) mass is 276 g/mol. The average molecular weight is 276 g/mol. The fourth-order valence-electron chi connectivity index (χ4n) is 2.01. The van der Waals surface area contributed by atoms with Crippen LogP contribution in [0.2, 0.25) is 0 Å². The summed E-state index contributed by atoms with van der Waals surface area (Å²) in [6.45, 7) is 7.15. The second kappa shape index (κ2) is 6.54. The van der Waals surface area contributed by atoms with Gasteiger partial charge in [0.05, 0.1) is 0 Å². The smallest absolute Gasteiger partial charge is 0.246 e. The van der Waals surface area contributed by atoms with Crippen molar-refractivity contribution in [3.63, 3.8) is 0 Å². The molecule has 0 radical (unpaired) electrons. The van der Waals surface area contributed by atoms with Gasteiger partial charge >= 0.3 is 0 Å². The van der Waals surface area contributed by atoms with Gasteiger partial charge in [-0.05, 0) is 0 Å². The number of thioether (sulfide) groups is 1. The van der Waals surface area contributed by atoms with Crippen LogP contribution in [-0.4, -0.2) is 52.1 Å². The van der Waals surface area contributed by atoms with Crippen LogP contribution in [0.25, 0.3) is 0 Å². The van der Waals surface area contributed by atoms with E-state index in [0.29, 0.717) is 16.3 Å². The zero-order valence-corrected chi connectivity index (χ0v) is 12.2. The highest BCUT2D eigenvalue weighted by Gasteiger charge is 2.30. The summed E-state index contributed by atoms with van der Waals surface area (Å²) in [4.78, 5) is 25.1. The van der Waals surface area contributed by atoms with Crippen molar-refractivity contribution < 1.29 is 9.59 Å². The van der Waals surface area contributed by atoms with E-state index in [9.17, 15) is 9.59 Å². The highest BCUT2D eigenvalue weighted by atomic mass is 32.2. The van der Waals surface area contributed by atoms with Gasteiger partial charge in [0.15, 0.2) is 0 Å². The summed E-state index contributed by atoms with van der Waals surface area (Å²) in [5.74, 6) is 0.129. The lowest BCUT2D eigenvalue weighted by Gasteiger charge is -2.36. The molecule has 1 saturated heterocycles. The molecule has 6 heteroatoms. The summed E-state index contributed by atoms with van der Waals surface area (Å²) in [5.41, 5.74) is 0. The van der Waals surface area contributed by atoms with Gasteiger partial charge in [-0.1, -0.05) is 13.8 Å². The third kappa shape index (κ3) is 4.43. The van der Waals surface area contributed by atoms with Crippen LogP contribution in [0.1, 0.15) is 20.8 Å². The normalized spacial score (nSPS) is 26.5. The number of thiol groups is 1. The lowest BCUT2D eigenvalue weighted by molar-refractivity contribution is -0.135. The Morgan fingerprint density at radius 3 is 2.35 bits per heavy atom. The zero-order valence-electron chi connectivity index (χ0n) is 10.5. The zero-order chi connectivity index (χ0) is 13.0. The molecule has 0 aromatic carbocycles. The van der Waals surface area contributed by atoms with Crippen LogP contribution >= 0.6 is 24.4 Å². The maximum absolute atomic E-state index is 12.2. The molecule has 4 nitrogen and oxygen atoms in total. The molecule has 0 bridgehead atoms. The molecule has 1 rings (SSSR count). The van der Waals surface area contributed by atoms with Gasteiger partial charge in [0.2, 0.25) is 11.8 Å². The van der Waals surface area contributed by atoms with Crippen LogP contribution in [0.5, 0.6) is 0 Å². The number of carbonyl (C=O) groups is 2. The summed E-state index contributed by atoms with van der Waals surface area (Å²) in [6.07, 6.45) is 0. The summed E-state index contributed by atoms with van der Waals surface area (Å²) in [5, 5.41) is 3.53. The maximum Gasteiger partial charge on any atom is 0.246 e. The summed E-state index contributed by atoms with van der Waals surface area (Å²) >= 11 is 6.02. The third-order valence-corrected chi connectivity index (χ3v) is 4.18. The Labute approximate surface area is 112 Å². The van der Waals surface area contributed by atoms with Gasteiger partial charge in [-0.25, -0.2) is 0 Å². The minimum atomic E-state index is -0.502. The van der Waals surface area contributed by atoms with Gasteiger partial charge in [0.25, 0.3) is 0 Å². The lowest BCUT2D eigenvalue weighted by Crippen LogP contribution is -2.53. The Kier molecular flexibility index (Phi) is 5.66. The van der Waals surface area contributed by atoms with Crippen LogP contribution in [0.3, 0.4) is 0 Å². The second-order valence-corrected chi connectivity index (χ2v) is 6.68. The van der Waals surface area contributed by atoms with Crippen molar-refractivity contribution in [2.24, 2.45) is 0 Å². The molecule has 0 spiro atoms. The van der Waals surface area contributed by atoms with Crippen molar-refractivity contribution >= 4 is 36.2 Å². The predicted octanol–water partition coefficient (Wildman–Crippen LogP) is 0.773. The molecule has 0 aromatic heterocycles. The van der Waals surface area contributed by atoms with Gasteiger partial charge in [-0.2, -0.15) is 24.4 Å². The molecule has 1 N–H and O–H groups in total. The van der Waals surface area contributed by atoms with Crippen LogP contribution in [0.4, 0.5) is 0 Å². The highest BCUT2D eigenvalue weighted by molar-refractivity contribution is 8.00. The fraction of sp³-hybridized carbons (Fsp3) is 0.818. The lowest BCUT2D eigenvalue weighted by atomic mass is 10.2. The van der Waals surface area contributed by atoms with E-state index in [2.05, 4.69) is 31.8 Å². The molecular formula is C11H20N2O2S2. The standard InChI is InChI=1S/C11H20N2O2S2/c1-7-4-13(5-8(2)17-7)11(15)10(6-16)12-9(3)14/h7-8,10,16H,4-6H2,1-3H3,(H,12,14). The number of amides is 2. The molecule has 98 valence electrons. The van der Waals surface area contributed by atoms with Crippen molar-refractivity contribution in [2.45, 2.75) is 37.3 Å². The largest absolute Gasteiger partial charge is 0.344 e. The first kappa shape index (κ1) is 14.7. The molecule has 0 saturated carbocycles. The van der Waals surface area contributed by atoms with Crippen LogP contribution < -0.4 is 5.32 Å². The molecule has 1 aliphatic heterocycles. The van der Waals surface area contributed by atoms with Crippen molar-refractivity contribution in [2.75, 3.05) is 18.8 Å². The fourth-order valence-corrected chi connectivity index (χ4v) is 3.58. The van der Waals surface area contributed by atoms with Crippen molar-refractivity contribution in [3.05, 3.63) is 0 Å². The van der Waals surface area contributed by atoms with Gasteiger partial charge in [-0.15, -0.1) is 0 Å². The van der Waals surface area contributed by atoms with Gasteiger partial charge in [0.1, 0.15) is 6.04 Å². The Balaban J connectivity index is 2.63. The third-order valence-electron chi connectivity index (χ3n) is 2.59. The number of hydrogen-bond acceptors (Lipinski definition) is 4. The maximum atomic E-state index is 12.2. The number of nitrogens with zero attached hydrogens (tertiary/aromatic N) is 1. The second-order valence-electron chi connectivity index (χ2n) is 4.44. The van der Waals surface area contributed by atoms with E-state index in [1.165, 1.54) is 6.92 Å². The van der Waals surface area contributed by atoms with E-state index in [4.69, 9.17) is 0 Å². The molecule has 1 heterocycles. The number of rotatable bonds is 3. The number of carbonyl (C=O) groups excluding carboxylic acids is 2. The van der Waals surface area contributed by atoms with Crippen LogP contribution in [0, 0.1) is 0 Å². The minimum absolute atomic E-state index is 0.0193. The first-order valence-corrected chi connectivity index (χ1v) is 7.33. The summed E-state index contributed by atoms with van der Waals surface area (Å²) in [7, 11) is 0. The average Bonchev–Trinajstić information content (AvgIpc) is 2.23. The molecule has 0 aliphatic carbocycles. The first-order chi connectivity index (χ1) is 7.93. The Morgan fingerprint density at radius 2 is 1.94 bits per heavy atom. The van der Waals surface area contributed by atoms with E-state index < -0.39 is 6.04 Å². The molecule has 2 amide bonds. The molecule has 17 heavy (non-hydrogen) atoms. The molecule has 1 aliphatic rings.